The summed E-state index contributed by atoms with van der Waals surface area (Å²) in [5.74, 6) is -4.74. The Bertz CT molecular complexity index is 1410. The molecular formula is C28H25F2NO5. The van der Waals surface area contributed by atoms with Crippen LogP contribution in [-0.2, 0) is 15.0 Å². The van der Waals surface area contributed by atoms with E-state index in [4.69, 9.17) is 4.74 Å². The standard InChI is InChI=1S/C28H25F2NO5/c1-28(2,3)16-8-11-22(36-4)19(13-16)25(33)23-24(15-6-5-7-18(32)12-15)31(27(35)26(23)34)17-9-10-20(29)21(30)14-17/h5-14,24,32-33H,1-4H3/b25-23+. The smallest absolute Gasteiger partial charge is 0.300 e. The minimum absolute atomic E-state index is 0.0844. The van der Waals surface area contributed by atoms with E-state index in [2.05, 4.69) is 0 Å². The summed E-state index contributed by atoms with van der Waals surface area (Å²) in [4.78, 5) is 27.5. The van der Waals surface area contributed by atoms with Gasteiger partial charge in [0, 0.05) is 11.8 Å². The number of halogens is 2. The second-order valence-corrected chi connectivity index (χ2v) is 9.53. The highest BCUT2D eigenvalue weighted by atomic mass is 19.2. The van der Waals surface area contributed by atoms with Gasteiger partial charge in [-0.15, -0.1) is 0 Å². The molecule has 2 N–H and O–H groups in total. The van der Waals surface area contributed by atoms with E-state index in [0.717, 1.165) is 22.6 Å². The molecule has 0 spiro atoms. The molecule has 0 bridgehead atoms. The minimum Gasteiger partial charge on any atom is -0.508 e. The Balaban J connectivity index is 2.01. The Morgan fingerprint density at radius 1 is 0.972 bits per heavy atom. The summed E-state index contributed by atoms with van der Waals surface area (Å²) in [5.41, 5.74) is 0.654. The molecular weight excluding hydrogens is 468 g/mol. The van der Waals surface area contributed by atoms with Crippen LogP contribution in [0.3, 0.4) is 0 Å². The fourth-order valence-corrected chi connectivity index (χ4v) is 4.25. The third kappa shape index (κ3) is 4.30. The summed E-state index contributed by atoms with van der Waals surface area (Å²) in [6.07, 6.45) is 0. The van der Waals surface area contributed by atoms with Crippen LogP contribution in [0.2, 0.25) is 0 Å². The van der Waals surface area contributed by atoms with Gasteiger partial charge in [0.1, 0.15) is 17.3 Å². The zero-order valence-corrected chi connectivity index (χ0v) is 20.2. The molecule has 3 aromatic carbocycles. The molecule has 3 aromatic rings. The quantitative estimate of drug-likeness (QED) is 0.281. The maximum Gasteiger partial charge on any atom is 0.300 e. The lowest BCUT2D eigenvalue weighted by molar-refractivity contribution is -0.132. The maximum absolute atomic E-state index is 14.1. The van der Waals surface area contributed by atoms with Crippen molar-refractivity contribution in [1.82, 2.24) is 0 Å². The Labute approximate surface area is 207 Å². The van der Waals surface area contributed by atoms with Crippen molar-refractivity contribution in [2.24, 2.45) is 0 Å². The molecule has 186 valence electrons. The number of methoxy groups -OCH3 is 1. The van der Waals surface area contributed by atoms with Gasteiger partial charge in [0.2, 0.25) is 0 Å². The van der Waals surface area contributed by atoms with Crippen LogP contribution in [0.1, 0.15) is 43.5 Å². The van der Waals surface area contributed by atoms with Gasteiger partial charge in [-0.2, -0.15) is 0 Å². The molecule has 6 nitrogen and oxygen atoms in total. The molecule has 1 heterocycles. The number of phenolic OH excluding ortho intramolecular Hbond substituents is 1. The molecule has 0 radical (unpaired) electrons. The predicted molar refractivity (Wildman–Crippen MR) is 131 cm³/mol. The molecule has 8 heteroatoms. The highest BCUT2D eigenvalue weighted by molar-refractivity contribution is 6.51. The minimum atomic E-state index is -1.23. The first-order chi connectivity index (χ1) is 16.9. The third-order valence-corrected chi connectivity index (χ3v) is 6.13. The molecule has 1 saturated heterocycles. The van der Waals surface area contributed by atoms with Crippen LogP contribution < -0.4 is 9.64 Å². The fraction of sp³-hybridized carbons (Fsp3) is 0.214. The number of Topliss-reactive ketones (excluding diaryl/α,β-unsaturated/α-hetero) is 1. The topological polar surface area (TPSA) is 87.1 Å². The Morgan fingerprint density at radius 2 is 1.69 bits per heavy atom. The Kier molecular flexibility index (Phi) is 6.30. The average Bonchev–Trinajstić information content (AvgIpc) is 3.10. The van der Waals surface area contributed by atoms with Gasteiger partial charge in [-0.3, -0.25) is 14.5 Å². The van der Waals surface area contributed by atoms with Crippen LogP contribution in [0.4, 0.5) is 14.5 Å². The van der Waals surface area contributed by atoms with E-state index in [9.17, 15) is 28.6 Å². The molecule has 0 saturated carbocycles. The predicted octanol–water partition coefficient (Wildman–Crippen LogP) is 5.60. The molecule has 4 rings (SSSR count). The van der Waals surface area contributed by atoms with Gasteiger partial charge in [-0.05, 0) is 52.9 Å². The Morgan fingerprint density at radius 3 is 2.31 bits per heavy atom. The van der Waals surface area contributed by atoms with Crippen molar-refractivity contribution in [3.63, 3.8) is 0 Å². The number of phenols is 1. The number of anilines is 1. The van der Waals surface area contributed by atoms with Gasteiger partial charge in [-0.25, -0.2) is 8.78 Å². The van der Waals surface area contributed by atoms with E-state index in [-0.39, 0.29) is 39.3 Å². The van der Waals surface area contributed by atoms with Crippen LogP contribution in [0, 0.1) is 11.6 Å². The van der Waals surface area contributed by atoms with Crippen molar-refractivity contribution in [1.29, 1.82) is 0 Å². The number of benzene rings is 3. The summed E-state index contributed by atoms with van der Waals surface area (Å²) in [7, 11) is 1.41. The number of ketones is 1. The highest BCUT2D eigenvalue weighted by Crippen LogP contribution is 2.44. The summed E-state index contributed by atoms with van der Waals surface area (Å²) >= 11 is 0. The zero-order valence-electron chi connectivity index (χ0n) is 20.2. The van der Waals surface area contributed by atoms with Crippen LogP contribution in [-0.4, -0.2) is 29.0 Å². The van der Waals surface area contributed by atoms with Crippen LogP contribution in [0.5, 0.6) is 11.5 Å². The molecule has 1 aliphatic rings. The van der Waals surface area contributed by atoms with Gasteiger partial charge in [0.05, 0.1) is 24.3 Å². The van der Waals surface area contributed by atoms with Crippen molar-refractivity contribution in [3.8, 4) is 11.5 Å². The number of carbonyl (C=O) groups is 2. The monoisotopic (exact) mass is 493 g/mol. The van der Waals surface area contributed by atoms with E-state index in [1.807, 2.05) is 26.8 Å². The molecule has 1 atom stereocenters. The normalized spacial score (nSPS) is 17.5. The average molecular weight is 494 g/mol. The Hall–Kier alpha value is -4.20. The van der Waals surface area contributed by atoms with Crippen molar-refractivity contribution < 1.29 is 33.3 Å². The number of nitrogens with zero attached hydrogens (tertiary/aromatic N) is 1. The number of carbonyl (C=O) groups excluding carboxylic acids is 2. The van der Waals surface area contributed by atoms with Crippen molar-refractivity contribution >= 4 is 23.1 Å². The first-order valence-corrected chi connectivity index (χ1v) is 11.2. The summed E-state index contributed by atoms with van der Waals surface area (Å²) in [6.45, 7) is 5.94. The number of rotatable bonds is 4. The zero-order chi connectivity index (χ0) is 26.4. The molecule has 0 aliphatic carbocycles. The van der Waals surface area contributed by atoms with Crippen molar-refractivity contribution in [2.75, 3.05) is 12.0 Å². The highest BCUT2D eigenvalue weighted by Gasteiger charge is 2.47. The fourth-order valence-electron chi connectivity index (χ4n) is 4.25. The number of aliphatic hydroxyl groups excluding tert-OH is 1. The second-order valence-electron chi connectivity index (χ2n) is 9.53. The lowest BCUT2D eigenvalue weighted by Crippen LogP contribution is -2.29. The lowest BCUT2D eigenvalue weighted by atomic mass is 9.85. The number of hydrogen-bond donors (Lipinski definition) is 2. The summed E-state index contributed by atoms with van der Waals surface area (Å²) in [6, 6.07) is 12.6. The third-order valence-electron chi connectivity index (χ3n) is 6.13. The van der Waals surface area contributed by atoms with Crippen molar-refractivity contribution in [2.45, 2.75) is 32.2 Å². The van der Waals surface area contributed by atoms with Crippen LogP contribution in [0.15, 0.2) is 66.2 Å². The van der Waals surface area contributed by atoms with Crippen LogP contribution >= 0.6 is 0 Å². The van der Waals surface area contributed by atoms with E-state index in [1.165, 1.54) is 31.4 Å². The van der Waals surface area contributed by atoms with Gasteiger partial charge in [0.25, 0.3) is 11.7 Å². The van der Waals surface area contributed by atoms with Gasteiger partial charge in [0.15, 0.2) is 11.6 Å². The molecule has 0 aromatic heterocycles. The van der Waals surface area contributed by atoms with Gasteiger partial charge < -0.3 is 14.9 Å². The number of amides is 1. The van der Waals surface area contributed by atoms with E-state index >= 15 is 0 Å². The lowest BCUT2D eigenvalue weighted by Gasteiger charge is -2.26. The SMILES string of the molecule is COc1ccc(C(C)(C)C)cc1/C(O)=C1\C(=O)C(=O)N(c2ccc(F)c(F)c2)C1c1cccc(O)c1. The van der Waals surface area contributed by atoms with Gasteiger partial charge in [-0.1, -0.05) is 39.0 Å². The van der Waals surface area contributed by atoms with Gasteiger partial charge >= 0.3 is 0 Å². The molecule has 1 amide bonds. The first-order valence-electron chi connectivity index (χ1n) is 11.2. The van der Waals surface area contributed by atoms with E-state index in [1.54, 1.807) is 18.2 Å². The number of hydrogen-bond acceptors (Lipinski definition) is 5. The molecule has 1 fully saturated rings. The molecule has 1 aliphatic heterocycles. The summed E-state index contributed by atoms with van der Waals surface area (Å²) < 4.78 is 33.2. The number of ether oxygens (including phenoxy) is 1. The first kappa shape index (κ1) is 24.9. The number of aliphatic hydroxyl groups is 1. The maximum atomic E-state index is 14.1. The second kappa shape index (κ2) is 9.11. The van der Waals surface area contributed by atoms with Crippen LogP contribution in [0.25, 0.3) is 5.76 Å². The molecule has 36 heavy (non-hydrogen) atoms. The molecule has 1 unspecified atom stereocenters. The largest absolute Gasteiger partial charge is 0.508 e. The van der Waals surface area contributed by atoms with E-state index < -0.39 is 35.1 Å². The van der Waals surface area contributed by atoms with Crippen molar-refractivity contribution in [3.05, 3.63) is 94.6 Å². The van der Waals surface area contributed by atoms with E-state index in [0.29, 0.717) is 0 Å². The number of aromatic hydroxyl groups is 1. The summed E-state index contributed by atoms with van der Waals surface area (Å²) in [5, 5.41) is 21.6.